The second-order valence-corrected chi connectivity index (χ2v) is 2.87. The highest BCUT2D eigenvalue weighted by Crippen LogP contribution is 2.08. The third-order valence-electron chi connectivity index (χ3n) is 1.61. The summed E-state index contributed by atoms with van der Waals surface area (Å²) in [5.41, 5.74) is 0.304. The number of amides is 1. The number of carbonyl (C=O) groups is 1. The van der Waals surface area contributed by atoms with Gasteiger partial charge in [-0.05, 0) is 6.42 Å². The Morgan fingerprint density at radius 2 is 2.60 bits per heavy atom. The number of nitriles is 1. The Balaban J connectivity index is 2.42. The number of anilines is 1. The number of hydrogen-bond acceptors (Lipinski definition) is 4. The second kappa shape index (κ2) is 5.78. The molecule has 0 aliphatic rings. The minimum Gasteiger partial charge on any atom is -0.372 e. The van der Waals surface area contributed by atoms with Crippen molar-refractivity contribution in [3.8, 4) is 6.07 Å². The summed E-state index contributed by atoms with van der Waals surface area (Å²) >= 11 is 0. The van der Waals surface area contributed by atoms with Gasteiger partial charge in [0.1, 0.15) is 24.1 Å². The lowest BCUT2D eigenvalue weighted by atomic mass is 10.3. The molecule has 0 atom stereocenters. The van der Waals surface area contributed by atoms with Crippen molar-refractivity contribution in [1.82, 2.24) is 10.2 Å². The Morgan fingerprint density at radius 3 is 3.27 bits per heavy atom. The number of aromatic nitrogens is 2. The predicted molar refractivity (Wildman–Crippen MR) is 53.0 cm³/mol. The predicted octanol–water partition coefficient (Wildman–Crippen LogP) is 0.646. The summed E-state index contributed by atoms with van der Waals surface area (Å²) in [6.07, 6.45) is 2.21. The number of hydrogen-bond donors (Lipinski definition) is 2. The smallest absolute Gasteiger partial charge is 0.251 e. The van der Waals surface area contributed by atoms with Crippen molar-refractivity contribution in [3.63, 3.8) is 0 Å². The molecular formula is C9H12N4O2. The van der Waals surface area contributed by atoms with Crippen LogP contribution in [-0.4, -0.2) is 29.3 Å². The lowest BCUT2D eigenvalue weighted by Crippen LogP contribution is -2.19. The van der Waals surface area contributed by atoms with Crippen LogP contribution in [0.15, 0.2) is 6.20 Å². The topological polar surface area (TPSA) is 90.8 Å². The molecule has 0 unspecified atom stereocenters. The van der Waals surface area contributed by atoms with Crippen molar-refractivity contribution >= 4 is 11.7 Å². The van der Waals surface area contributed by atoms with Gasteiger partial charge >= 0.3 is 0 Å². The van der Waals surface area contributed by atoms with Crippen LogP contribution in [0.25, 0.3) is 0 Å². The third-order valence-corrected chi connectivity index (χ3v) is 1.61. The Labute approximate surface area is 87.2 Å². The van der Waals surface area contributed by atoms with E-state index in [9.17, 15) is 4.79 Å². The number of H-pyrrole nitrogens is 1. The van der Waals surface area contributed by atoms with Crippen molar-refractivity contribution in [3.05, 3.63) is 11.8 Å². The average molecular weight is 208 g/mol. The molecule has 1 amide bonds. The van der Waals surface area contributed by atoms with Crippen LogP contribution in [0.4, 0.5) is 5.82 Å². The van der Waals surface area contributed by atoms with Crippen LogP contribution in [0.3, 0.4) is 0 Å². The lowest BCUT2D eigenvalue weighted by molar-refractivity contribution is -0.120. The number of nitrogens with zero attached hydrogens (tertiary/aromatic N) is 2. The molecule has 1 aromatic rings. The molecule has 80 valence electrons. The fourth-order valence-corrected chi connectivity index (χ4v) is 0.951. The molecule has 0 saturated heterocycles. The van der Waals surface area contributed by atoms with E-state index in [-0.39, 0.29) is 12.5 Å². The van der Waals surface area contributed by atoms with Gasteiger partial charge in [0.2, 0.25) is 0 Å². The summed E-state index contributed by atoms with van der Waals surface area (Å²) in [6.45, 7) is 2.49. The van der Waals surface area contributed by atoms with Crippen molar-refractivity contribution in [2.75, 3.05) is 18.5 Å². The first-order valence-corrected chi connectivity index (χ1v) is 4.59. The van der Waals surface area contributed by atoms with Crippen molar-refractivity contribution in [2.45, 2.75) is 13.3 Å². The zero-order valence-corrected chi connectivity index (χ0v) is 8.41. The maximum absolute atomic E-state index is 11.3. The lowest BCUT2D eigenvalue weighted by Gasteiger charge is -2.03. The highest BCUT2D eigenvalue weighted by Gasteiger charge is 2.07. The molecule has 6 nitrogen and oxygen atoms in total. The molecule has 1 heterocycles. The Morgan fingerprint density at radius 1 is 1.80 bits per heavy atom. The maximum Gasteiger partial charge on any atom is 0.251 e. The van der Waals surface area contributed by atoms with Crippen LogP contribution in [-0.2, 0) is 9.53 Å². The highest BCUT2D eigenvalue weighted by atomic mass is 16.5. The summed E-state index contributed by atoms with van der Waals surface area (Å²) in [6, 6.07) is 1.90. The van der Waals surface area contributed by atoms with Gasteiger partial charge in [-0.2, -0.15) is 10.4 Å². The maximum atomic E-state index is 11.3. The molecule has 0 aliphatic carbocycles. The summed E-state index contributed by atoms with van der Waals surface area (Å²) in [4.78, 5) is 11.3. The zero-order chi connectivity index (χ0) is 11.1. The van der Waals surface area contributed by atoms with Crippen LogP contribution < -0.4 is 5.32 Å². The summed E-state index contributed by atoms with van der Waals surface area (Å²) < 4.78 is 5.04. The Kier molecular flexibility index (Phi) is 4.31. The molecule has 0 aromatic carbocycles. The SMILES string of the molecule is CCCOCC(=O)Nc1[nH]ncc1C#N. The van der Waals surface area contributed by atoms with E-state index in [0.717, 1.165) is 6.42 Å². The van der Waals surface area contributed by atoms with Gasteiger partial charge in [-0.15, -0.1) is 0 Å². The standard InChI is InChI=1S/C9H12N4O2/c1-2-3-15-6-8(14)12-9-7(4-10)5-11-13-9/h5H,2-3,6H2,1H3,(H2,11,12,13,14). The average Bonchev–Trinajstić information content (AvgIpc) is 2.65. The molecule has 1 aromatic heterocycles. The van der Waals surface area contributed by atoms with Gasteiger partial charge in [0.25, 0.3) is 5.91 Å². The summed E-state index contributed by atoms with van der Waals surface area (Å²) in [7, 11) is 0. The third kappa shape index (κ3) is 3.40. The monoisotopic (exact) mass is 208 g/mol. The first kappa shape index (κ1) is 11.2. The summed E-state index contributed by atoms with van der Waals surface area (Å²) in [5.74, 6) is 0.00629. The van der Waals surface area contributed by atoms with Crippen LogP contribution in [0.1, 0.15) is 18.9 Å². The van der Waals surface area contributed by atoms with Gasteiger partial charge in [-0.1, -0.05) is 6.92 Å². The van der Waals surface area contributed by atoms with Gasteiger partial charge < -0.3 is 10.1 Å². The Hall–Kier alpha value is -1.87. The van der Waals surface area contributed by atoms with Gasteiger partial charge in [0.05, 0.1) is 6.20 Å². The van der Waals surface area contributed by atoms with E-state index in [1.54, 1.807) is 0 Å². The second-order valence-electron chi connectivity index (χ2n) is 2.87. The first-order chi connectivity index (χ1) is 7.27. The fourth-order valence-electron chi connectivity index (χ4n) is 0.951. The number of aromatic amines is 1. The largest absolute Gasteiger partial charge is 0.372 e. The van der Waals surface area contributed by atoms with Crippen molar-refractivity contribution in [2.24, 2.45) is 0 Å². The van der Waals surface area contributed by atoms with Gasteiger partial charge in [-0.25, -0.2) is 0 Å². The first-order valence-electron chi connectivity index (χ1n) is 4.59. The summed E-state index contributed by atoms with van der Waals surface area (Å²) in [5, 5.41) is 17.3. The molecule has 0 bridgehead atoms. The van der Waals surface area contributed by atoms with E-state index in [1.165, 1.54) is 6.20 Å². The Bertz CT molecular complexity index is 366. The molecule has 1 rings (SSSR count). The minimum absolute atomic E-state index is 0.0161. The normalized spacial score (nSPS) is 9.60. The van der Waals surface area contributed by atoms with Crippen molar-refractivity contribution < 1.29 is 9.53 Å². The molecule has 0 aliphatic heterocycles. The number of nitrogens with one attached hydrogen (secondary N) is 2. The fraction of sp³-hybridized carbons (Fsp3) is 0.444. The molecule has 6 heteroatoms. The molecule has 2 N–H and O–H groups in total. The van der Waals surface area contributed by atoms with E-state index in [4.69, 9.17) is 10.00 Å². The van der Waals surface area contributed by atoms with Crippen LogP contribution in [0.5, 0.6) is 0 Å². The highest BCUT2D eigenvalue weighted by molar-refractivity contribution is 5.91. The molecule has 0 saturated carbocycles. The van der Waals surface area contributed by atoms with E-state index >= 15 is 0 Å². The zero-order valence-electron chi connectivity index (χ0n) is 8.41. The number of rotatable bonds is 5. The molecule has 0 radical (unpaired) electrons. The quantitative estimate of drug-likeness (QED) is 0.695. The van der Waals surface area contributed by atoms with Gasteiger partial charge in [0.15, 0.2) is 0 Å². The van der Waals surface area contributed by atoms with E-state index in [0.29, 0.717) is 18.0 Å². The molecule has 0 spiro atoms. The van der Waals surface area contributed by atoms with E-state index < -0.39 is 0 Å². The van der Waals surface area contributed by atoms with E-state index in [1.807, 2.05) is 13.0 Å². The van der Waals surface area contributed by atoms with Crippen LogP contribution >= 0.6 is 0 Å². The van der Waals surface area contributed by atoms with Crippen LogP contribution in [0, 0.1) is 11.3 Å². The minimum atomic E-state index is -0.302. The molecular weight excluding hydrogens is 196 g/mol. The number of carbonyl (C=O) groups excluding carboxylic acids is 1. The molecule has 0 fully saturated rings. The van der Waals surface area contributed by atoms with E-state index in [2.05, 4.69) is 15.5 Å². The van der Waals surface area contributed by atoms with Crippen LogP contribution in [0.2, 0.25) is 0 Å². The van der Waals surface area contributed by atoms with Crippen molar-refractivity contribution in [1.29, 1.82) is 5.26 Å². The number of ether oxygens (including phenoxy) is 1. The van der Waals surface area contributed by atoms with Gasteiger partial charge in [-0.3, -0.25) is 9.89 Å². The molecule has 15 heavy (non-hydrogen) atoms. The van der Waals surface area contributed by atoms with Gasteiger partial charge in [0, 0.05) is 6.61 Å².